The summed E-state index contributed by atoms with van der Waals surface area (Å²) in [6.07, 6.45) is 0.954. The molecule has 1 unspecified atom stereocenters. The van der Waals surface area contributed by atoms with Gasteiger partial charge in [0.15, 0.2) is 11.6 Å². The van der Waals surface area contributed by atoms with Crippen LogP contribution in [-0.4, -0.2) is 29.6 Å². The summed E-state index contributed by atoms with van der Waals surface area (Å²) in [6.45, 7) is 6.14. The lowest BCUT2D eigenvalue weighted by Gasteiger charge is -2.24. The Morgan fingerprint density at radius 3 is 2.33 bits per heavy atom. The van der Waals surface area contributed by atoms with Crippen LogP contribution in [0.1, 0.15) is 38.4 Å². The summed E-state index contributed by atoms with van der Waals surface area (Å²) in [5, 5.41) is 10.0. The molecule has 0 fully saturated rings. The fourth-order valence-electron chi connectivity index (χ4n) is 2.05. The van der Waals surface area contributed by atoms with Crippen molar-refractivity contribution in [2.75, 3.05) is 19.6 Å². The Labute approximate surface area is 107 Å². The van der Waals surface area contributed by atoms with Crippen LogP contribution in [-0.2, 0) is 0 Å². The molecule has 1 aromatic rings. The third kappa shape index (κ3) is 4.03. The molecule has 0 aliphatic heterocycles. The van der Waals surface area contributed by atoms with Gasteiger partial charge in [-0.2, -0.15) is 0 Å². The molecule has 0 aliphatic carbocycles. The van der Waals surface area contributed by atoms with Crippen molar-refractivity contribution >= 4 is 0 Å². The molecule has 0 radical (unpaired) electrons. The van der Waals surface area contributed by atoms with Crippen molar-refractivity contribution < 1.29 is 13.9 Å². The van der Waals surface area contributed by atoms with Crippen LogP contribution in [0, 0.1) is 11.6 Å². The summed E-state index contributed by atoms with van der Waals surface area (Å²) in [7, 11) is 0. The molecule has 0 saturated carbocycles. The first kappa shape index (κ1) is 15.1. The largest absolute Gasteiger partial charge is 0.387 e. The van der Waals surface area contributed by atoms with Gasteiger partial charge in [0.1, 0.15) is 0 Å². The van der Waals surface area contributed by atoms with Crippen molar-refractivity contribution in [2.24, 2.45) is 0 Å². The third-order valence-corrected chi connectivity index (χ3v) is 2.85. The van der Waals surface area contributed by atoms with Gasteiger partial charge >= 0.3 is 0 Å². The van der Waals surface area contributed by atoms with Gasteiger partial charge in [-0.3, -0.25) is 0 Å². The van der Waals surface area contributed by atoms with Gasteiger partial charge in [-0.15, -0.1) is 0 Å². The van der Waals surface area contributed by atoms with E-state index in [0.717, 1.165) is 32.0 Å². The van der Waals surface area contributed by atoms with Crippen molar-refractivity contribution in [2.45, 2.75) is 32.8 Å². The van der Waals surface area contributed by atoms with Crippen molar-refractivity contribution in [3.05, 3.63) is 35.4 Å². The van der Waals surface area contributed by atoms with Gasteiger partial charge in [0.05, 0.1) is 6.10 Å². The van der Waals surface area contributed by atoms with Crippen LogP contribution in [0.3, 0.4) is 0 Å². The number of aliphatic hydroxyl groups excluding tert-OH is 1. The van der Waals surface area contributed by atoms with Gasteiger partial charge in [0.25, 0.3) is 0 Å². The molecule has 0 heterocycles. The first-order valence-electron chi connectivity index (χ1n) is 6.44. The van der Waals surface area contributed by atoms with Gasteiger partial charge in [0, 0.05) is 12.1 Å². The quantitative estimate of drug-likeness (QED) is 0.811. The van der Waals surface area contributed by atoms with E-state index in [4.69, 9.17) is 0 Å². The standard InChI is InChI=1S/C14H21F2NO/c1-3-8-17(9-4-2)10-13(18)11-6-5-7-12(15)14(11)16/h5-7,13,18H,3-4,8-10H2,1-2H3. The molecule has 0 bridgehead atoms. The molecule has 1 rings (SSSR count). The van der Waals surface area contributed by atoms with Crippen LogP contribution in [0.25, 0.3) is 0 Å². The van der Waals surface area contributed by atoms with E-state index in [2.05, 4.69) is 18.7 Å². The number of hydrogen-bond acceptors (Lipinski definition) is 2. The van der Waals surface area contributed by atoms with Gasteiger partial charge in [-0.05, 0) is 32.0 Å². The van der Waals surface area contributed by atoms with E-state index in [-0.39, 0.29) is 5.56 Å². The Morgan fingerprint density at radius 1 is 1.17 bits per heavy atom. The molecular formula is C14H21F2NO. The zero-order chi connectivity index (χ0) is 13.5. The number of rotatable bonds is 7. The maximum atomic E-state index is 13.5. The van der Waals surface area contributed by atoms with Crippen LogP contribution in [0.5, 0.6) is 0 Å². The summed E-state index contributed by atoms with van der Waals surface area (Å²) in [5.74, 6) is -1.86. The fraction of sp³-hybridized carbons (Fsp3) is 0.571. The molecule has 0 amide bonds. The molecule has 18 heavy (non-hydrogen) atoms. The lowest BCUT2D eigenvalue weighted by Crippen LogP contribution is -2.30. The molecule has 102 valence electrons. The Balaban J connectivity index is 2.73. The second kappa shape index (κ2) is 7.44. The number of benzene rings is 1. The predicted molar refractivity (Wildman–Crippen MR) is 68.3 cm³/mol. The average molecular weight is 257 g/mol. The summed E-state index contributed by atoms with van der Waals surface area (Å²) in [4.78, 5) is 2.06. The summed E-state index contributed by atoms with van der Waals surface area (Å²) in [6, 6.07) is 3.90. The summed E-state index contributed by atoms with van der Waals surface area (Å²) in [5.41, 5.74) is 0.0345. The maximum absolute atomic E-state index is 13.5. The lowest BCUT2D eigenvalue weighted by atomic mass is 10.1. The molecule has 0 saturated heterocycles. The van der Waals surface area contributed by atoms with Crippen molar-refractivity contribution in [3.8, 4) is 0 Å². The molecule has 4 heteroatoms. The van der Waals surface area contributed by atoms with Crippen molar-refractivity contribution in [1.82, 2.24) is 4.90 Å². The van der Waals surface area contributed by atoms with Gasteiger partial charge < -0.3 is 10.0 Å². The van der Waals surface area contributed by atoms with Crippen molar-refractivity contribution in [3.63, 3.8) is 0 Å². The molecule has 1 N–H and O–H groups in total. The first-order valence-corrected chi connectivity index (χ1v) is 6.44. The van der Waals surface area contributed by atoms with E-state index in [1.807, 2.05) is 0 Å². The van der Waals surface area contributed by atoms with E-state index >= 15 is 0 Å². The SMILES string of the molecule is CCCN(CCC)CC(O)c1cccc(F)c1F. The Hall–Kier alpha value is -1.00. The molecule has 2 nitrogen and oxygen atoms in total. The molecular weight excluding hydrogens is 236 g/mol. The average Bonchev–Trinajstić information content (AvgIpc) is 2.33. The summed E-state index contributed by atoms with van der Waals surface area (Å²) < 4.78 is 26.6. The smallest absolute Gasteiger partial charge is 0.164 e. The normalized spacial score (nSPS) is 13.0. The molecule has 0 spiro atoms. The highest BCUT2D eigenvalue weighted by atomic mass is 19.2. The highest BCUT2D eigenvalue weighted by Gasteiger charge is 2.18. The minimum Gasteiger partial charge on any atom is -0.387 e. The van der Waals surface area contributed by atoms with Crippen LogP contribution in [0.2, 0.25) is 0 Å². The van der Waals surface area contributed by atoms with Crippen LogP contribution < -0.4 is 0 Å². The third-order valence-electron chi connectivity index (χ3n) is 2.85. The molecule has 1 atom stereocenters. The van der Waals surface area contributed by atoms with Crippen LogP contribution in [0.15, 0.2) is 18.2 Å². The Kier molecular flexibility index (Phi) is 6.22. The highest BCUT2D eigenvalue weighted by Crippen LogP contribution is 2.20. The number of halogens is 2. The Bertz CT molecular complexity index is 365. The number of hydrogen-bond donors (Lipinski definition) is 1. The zero-order valence-electron chi connectivity index (χ0n) is 11.0. The van der Waals surface area contributed by atoms with Gasteiger partial charge in [-0.1, -0.05) is 26.0 Å². The first-order chi connectivity index (χ1) is 8.60. The van der Waals surface area contributed by atoms with Gasteiger partial charge in [-0.25, -0.2) is 8.78 Å². The zero-order valence-corrected chi connectivity index (χ0v) is 11.0. The van der Waals surface area contributed by atoms with Gasteiger partial charge in [0.2, 0.25) is 0 Å². The highest BCUT2D eigenvalue weighted by molar-refractivity contribution is 5.21. The summed E-state index contributed by atoms with van der Waals surface area (Å²) >= 11 is 0. The Morgan fingerprint density at radius 2 is 1.78 bits per heavy atom. The van der Waals surface area contributed by atoms with E-state index < -0.39 is 17.7 Å². The second-order valence-corrected chi connectivity index (χ2v) is 4.46. The second-order valence-electron chi connectivity index (χ2n) is 4.46. The fourth-order valence-corrected chi connectivity index (χ4v) is 2.05. The van der Waals surface area contributed by atoms with Crippen molar-refractivity contribution in [1.29, 1.82) is 0 Å². The lowest BCUT2D eigenvalue weighted by molar-refractivity contribution is 0.109. The monoisotopic (exact) mass is 257 g/mol. The van der Waals surface area contributed by atoms with Crippen LogP contribution >= 0.6 is 0 Å². The topological polar surface area (TPSA) is 23.5 Å². The molecule has 0 aliphatic rings. The van der Waals surface area contributed by atoms with E-state index in [1.54, 1.807) is 0 Å². The number of aliphatic hydroxyl groups is 1. The van der Waals surface area contributed by atoms with E-state index in [0.29, 0.717) is 6.54 Å². The van der Waals surface area contributed by atoms with E-state index in [1.165, 1.54) is 12.1 Å². The minimum atomic E-state index is -0.987. The molecule has 0 aromatic heterocycles. The molecule has 1 aromatic carbocycles. The minimum absolute atomic E-state index is 0.0345. The van der Waals surface area contributed by atoms with E-state index in [9.17, 15) is 13.9 Å². The maximum Gasteiger partial charge on any atom is 0.164 e. The number of nitrogens with zero attached hydrogens (tertiary/aromatic N) is 1. The predicted octanol–water partition coefficient (Wildman–Crippen LogP) is 3.12. The van der Waals surface area contributed by atoms with Crippen LogP contribution in [0.4, 0.5) is 8.78 Å².